The number of nitrogens with zero attached hydrogens (tertiary/aromatic N) is 1. The Morgan fingerprint density at radius 2 is 2.18 bits per heavy atom. The molecule has 4 amide bonds. The van der Waals surface area contributed by atoms with E-state index >= 15 is 0 Å². The van der Waals surface area contributed by atoms with Crippen LogP contribution in [-0.2, 0) is 19.2 Å². The van der Waals surface area contributed by atoms with Crippen LogP contribution in [0.4, 0.5) is 0 Å². The Morgan fingerprint density at radius 3 is 2.76 bits per heavy atom. The van der Waals surface area contributed by atoms with Gasteiger partial charge in [0.05, 0.1) is 0 Å². The van der Waals surface area contributed by atoms with Gasteiger partial charge < -0.3 is 16.0 Å². The maximum absolute atomic E-state index is 11.6. The molecule has 0 aromatic carbocycles. The summed E-state index contributed by atoms with van der Waals surface area (Å²) in [6.45, 7) is 1.50. The van der Waals surface area contributed by atoms with Gasteiger partial charge in [0.1, 0.15) is 12.6 Å². The molecule has 1 heterocycles. The van der Waals surface area contributed by atoms with Crippen LogP contribution in [0, 0.1) is 0 Å². The van der Waals surface area contributed by atoms with Crippen molar-refractivity contribution in [3.63, 3.8) is 0 Å². The minimum atomic E-state index is -0.908. The lowest BCUT2D eigenvalue weighted by molar-refractivity contribution is -0.154. The summed E-state index contributed by atoms with van der Waals surface area (Å²) in [6, 6.07) is -0.844. The third kappa shape index (κ3) is 3.00. The van der Waals surface area contributed by atoms with E-state index in [1.54, 1.807) is 0 Å². The predicted molar refractivity (Wildman–Crippen MR) is 56.4 cm³/mol. The van der Waals surface area contributed by atoms with Crippen molar-refractivity contribution in [2.45, 2.75) is 13.0 Å². The number of piperazine rings is 1. The first-order valence-electron chi connectivity index (χ1n) is 5.10. The zero-order valence-electron chi connectivity index (χ0n) is 9.36. The number of hydrogen-bond acceptors (Lipinski definition) is 5. The van der Waals surface area contributed by atoms with Gasteiger partial charge in [0.15, 0.2) is 0 Å². The van der Waals surface area contributed by atoms with Crippen molar-refractivity contribution in [3.8, 4) is 0 Å². The minimum absolute atomic E-state index is 0.160. The Labute approximate surface area is 97.5 Å². The zero-order chi connectivity index (χ0) is 13.0. The van der Waals surface area contributed by atoms with Gasteiger partial charge in [-0.2, -0.15) is 0 Å². The van der Waals surface area contributed by atoms with E-state index in [-0.39, 0.29) is 19.6 Å². The number of carbonyl (C=O) groups is 4. The first kappa shape index (κ1) is 13.1. The first-order valence-corrected chi connectivity index (χ1v) is 5.10. The standard InChI is InChI=1S/C9H14N4O4/c1-5-7(15)12-6(14)4-13(5)9(17)8(16)11-3-2-10/h5H,2-4,10H2,1H3,(H,11,16)(H,12,14,15). The molecule has 0 radical (unpaired) electrons. The van der Waals surface area contributed by atoms with Gasteiger partial charge in [0.25, 0.3) is 0 Å². The molecule has 1 rings (SSSR count). The Bertz CT molecular complexity index is 368. The lowest BCUT2D eigenvalue weighted by atomic mass is 10.2. The molecule has 1 unspecified atom stereocenters. The van der Waals surface area contributed by atoms with Crippen molar-refractivity contribution in [1.29, 1.82) is 0 Å². The van der Waals surface area contributed by atoms with Crippen molar-refractivity contribution in [3.05, 3.63) is 0 Å². The Morgan fingerprint density at radius 1 is 1.53 bits per heavy atom. The monoisotopic (exact) mass is 242 g/mol. The van der Waals surface area contributed by atoms with E-state index in [0.717, 1.165) is 4.90 Å². The highest BCUT2D eigenvalue weighted by Crippen LogP contribution is 2.04. The Hall–Kier alpha value is -1.96. The Kier molecular flexibility index (Phi) is 4.16. The van der Waals surface area contributed by atoms with Crippen molar-refractivity contribution in [2.24, 2.45) is 5.73 Å². The fraction of sp³-hybridized carbons (Fsp3) is 0.556. The molecule has 1 fully saturated rings. The molecular formula is C9H14N4O4. The molecule has 8 heteroatoms. The van der Waals surface area contributed by atoms with Crippen molar-refractivity contribution in [2.75, 3.05) is 19.6 Å². The first-order chi connectivity index (χ1) is 7.97. The Balaban J connectivity index is 2.70. The molecule has 1 atom stereocenters. The fourth-order valence-electron chi connectivity index (χ4n) is 1.35. The van der Waals surface area contributed by atoms with Crippen LogP contribution in [0.2, 0.25) is 0 Å². The molecule has 1 aliphatic rings. The van der Waals surface area contributed by atoms with E-state index in [0.29, 0.717) is 0 Å². The highest BCUT2D eigenvalue weighted by atomic mass is 16.2. The van der Waals surface area contributed by atoms with E-state index < -0.39 is 29.7 Å². The second-order valence-electron chi connectivity index (χ2n) is 3.57. The van der Waals surface area contributed by atoms with Crippen LogP contribution in [0.1, 0.15) is 6.92 Å². The zero-order valence-corrected chi connectivity index (χ0v) is 9.36. The van der Waals surface area contributed by atoms with Crippen LogP contribution < -0.4 is 16.4 Å². The van der Waals surface area contributed by atoms with Crippen molar-refractivity contribution >= 4 is 23.6 Å². The van der Waals surface area contributed by atoms with E-state index in [1.165, 1.54) is 6.92 Å². The lowest BCUT2D eigenvalue weighted by Gasteiger charge is -2.30. The smallest absolute Gasteiger partial charge is 0.313 e. The molecular weight excluding hydrogens is 228 g/mol. The van der Waals surface area contributed by atoms with E-state index in [9.17, 15) is 19.2 Å². The summed E-state index contributed by atoms with van der Waals surface area (Å²) in [5.41, 5.74) is 5.17. The summed E-state index contributed by atoms with van der Waals surface area (Å²) in [6.07, 6.45) is 0. The van der Waals surface area contributed by atoms with Gasteiger partial charge in [-0.25, -0.2) is 0 Å². The lowest BCUT2D eigenvalue weighted by Crippen LogP contribution is -2.61. The second-order valence-corrected chi connectivity index (χ2v) is 3.57. The second kappa shape index (κ2) is 5.39. The number of amides is 4. The maximum atomic E-state index is 11.6. The van der Waals surface area contributed by atoms with E-state index in [4.69, 9.17) is 5.73 Å². The molecule has 0 saturated carbocycles. The molecule has 0 bridgehead atoms. The minimum Gasteiger partial charge on any atom is -0.347 e. The van der Waals surface area contributed by atoms with Gasteiger partial charge in [-0.1, -0.05) is 0 Å². The largest absolute Gasteiger partial charge is 0.347 e. The number of carbonyl (C=O) groups excluding carboxylic acids is 4. The van der Waals surface area contributed by atoms with Crippen LogP contribution in [-0.4, -0.2) is 54.2 Å². The summed E-state index contributed by atoms with van der Waals surface area (Å²) in [5, 5.41) is 4.35. The fourth-order valence-corrected chi connectivity index (χ4v) is 1.35. The van der Waals surface area contributed by atoms with Crippen LogP contribution in [0.15, 0.2) is 0 Å². The maximum Gasteiger partial charge on any atom is 0.313 e. The van der Waals surface area contributed by atoms with E-state index in [1.807, 2.05) is 0 Å². The quantitative estimate of drug-likeness (QED) is 0.350. The normalized spacial score (nSPS) is 19.9. The highest BCUT2D eigenvalue weighted by molar-refractivity contribution is 6.36. The van der Waals surface area contributed by atoms with Crippen LogP contribution in [0.25, 0.3) is 0 Å². The van der Waals surface area contributed by atoms with Crippen molar-refractivity contribution < 1.29 is 19.2 Å². The average molecular weight is 242 g/mol. The molecule has 4 N–H and O–H groups in total. The van der Waals surface area contributed by atoms with Crippen LogP contribution in [0.3, 0.4) is 0 Å². The third-order valence-electron chi connectivity index (χ3n) is 2.31. The highest BCUT2D eigenvalue weighted by Gasteiger charge is 2.36. The molecule has 8 nitrogen and oxygen atoms in total. The summed E-state index contributed by atoms with van der Waals surface area (Å²) in [5.74, 6) is -2.98. The van der Waals surface area contributed by atoms with Gasteiger partial charge in [0, 0.05) is 13.1 Å². The molecule has 0 spiro atoms. The summed E-state index contributed by atoms with van der Waals surface area (Å²) >= 11 is 0. The van der Waals surface area contributed by atoms with Crippen molar-refractivity contribution in [1.82, 2.24) is 15.5 Å². The summed E-state index contributed by atoms with van der Waals surface area (Å²) < 4.78 is 0. The number of hydrogen-bond donors (Lipinski definition) is 3. The number of nitrogens with two attached hydrogens (primary N) is 1. The molecule has 1 aliphatic heterocycles. The number of imide groups is 1. The molecule has 0 aliphatic carbocycles. The predicted octanol–water partition coefficient (Wildman–Crippen LogP) is -3.07. The molecule has 0 aromatic rings. The molecule has 0 aromatic heterocycles. The molecule has 17 heavy (non-hydrogen) atoms. The number of nitrogens with one attached hydrogen (secondary N) is 2. The van der Waals surface area contributed by atoms with E-state index in [2.05, 4.69) is 10.6 Å². The summed E-state index contributed by atoms with van der Waals surface area (Å²) in [7, 11) is 0. The molecule has 94 valence electrons. The van der Waals surface area contributed by atoms with Gasteiger partial charge >= 0.3 is 11.8 Å². The summed E-state index contributed by atoms with van der Waals surface area (Å²) in [4.78, 5) is 46.3. The number of rotatable bonds is 2. The van der Waals surface area contributed by atoms with Gasteiger partial charge in [-0.05, 0) is 6.92 Å². The van der Waals surface area contributed by atoms with Gasteiger partial charge in [-0.3, -0.25) is 24.5 Å². The SMILES string of the molecule is CC1C(=O)NC(=O)CN1C(=O)C(=O)NCCN. The van der Waals surface area contributed by atoms with Gasteiger partial charge in [0.2, 0.25) is 11.8 Å². The van der Waals surface area contributed by atoms with Gasteiger partial charge in [-0.15, -0.1) is 0 Å². The van der Waals surface area contributed by atoms with Crippen LogP contribution >= 0.6 is 0 Å². The van der Waals surface area contributed by atoms with Crippen LogP contribution in [0.5, 0.6) is 0 Å². The third-order valence-corrected chi connectivity index (χ3v) is 2.31. The topological polar surface area (TPSA) is 122 Å². The average Bonchev–Trinajstić information content (AvgIpc) is 2.29. The molecule has 1 saturated heterocycles.